The highest BCUT2D eigenvalue weighted by atomic mass is 79.9. The van der Waals surface area contributed by atoms with E-state index in [9.17, 15) is 4.79 Å². The number of carbonyl (C=O) groups excluding carboxylic acids is 1. The number of amides is 1. The molecule has 28 heavy (non-hydrogen) atoms. The van der Waals surface area contributed by atoms with Crippen molar-refractivity contribution in [2.45, 2.75) is 26.0 Å². The van der Waals surface area contributed by atoms with Crippen molar-refractivity contribution >= 4 is 27.8 Å². The van der Waals surface area contributed by atoms with E-state index in [-0.39, 0.29) is 11.9 Å². The fourth-order valence-corrected chi connectivity index (χ4v) is 3.39. The molecule has 0 saturated carbocycles. The molecule has 2 aromatic carbocycles. The summed E-state index contributed by atoms with van der Waals surface area (Å²) in [7, 11) is 0. The summed E-state index contributed by atoms with van der Waals surface area (Å²) < 4.78 is 14.5. The standard InChI is InChI=1S/C20H19BrN4O3/c1-2-27-18-9-14(16-10-19(26)24-20-22-12-23-25(16)20)5-8-17(18)28-11-13-3-6-15(21)7-4-13/h3-9,12,16H,2,10-11H2,1H3,(H,22,23,24,26)/t16-/m0/s1. The number of rotatable bonds is 6. The van der Waals surface area contributed by atoms with Crippen molar-refractivity contribution in [3.05, 3.63) is 64.4 Å². The maximum atomic E-state index is 12.0. The largest absolute Gasteiger partial charge is 0.490 e. The second-order valence-electron chi connectivity index (χ2n) is 6.35. The van der Waals surface area contributed by atoms with Crippen LogP contribution >= 0.6 is 15.9 Å². The van der Waals surface area contributed by atoms with Gasteiger partial charge in [-0.25, -0.2) is 4.68 Å². The molecule has 0 spiro atoms. The van der Waals surface area contributed by atoms with Crippen molar-refractivity contribution in [1.29, 1.82) is 0 Å². The molecular weight excluding hydrogens is 424 g/mol. The van der Waals surface area contributed by atoms with Gasteiger partial charge in [-0.3, -0.25) is 10.1 Å². The zero-order valence-electron chi connectivity index (χ0n) is 15.3. The van der Waals surface area contributed by atoms with Crippen molar-refractivity contribution in [1.82, 2.24) is 14.8 Å². The van der Waals surface area contributed by atoms with Crippen molar-refractivity contribution < 1.29 is 14.3 Å². The van der Waals surface area contributed by atoms with Gasteiger partial charge in [0.2, 0.25) is 11.9 Å². The second kappa shape index (κ2) is 8.02. The van der Waals surface area contributed by atoms with E-state index in [0.717, 1.165) is 15.6 Å². The number of ether oxygens (including phenoxy) is 2. The van der Waals surface area contributed by atoms with Crippen LogP contribution in [0.5, 0.6) is 11.5 Å². The summed E-state index contributed by atoms with van der Waals surface area (Å²) in [6.07, 6.45) is 1.73. The Kier molecular flexibility index (Phi) is 5.29. The summed E-state index contributed by atoms with van der Waals surface area (Å²) in [4.78, 5) is 16.1. The summed E-state index contributed by atoms with van der Waals surface area (Å²) in [5.74, 6) is 1.67. The molecule has 0 radical (unpaired) electrons. The van der Waals surface area contributed by atoms with Gasteiger partial charge in [0, 0.05) is 4.47 Å². The summed E-state index contributed by atoms with van der Waals surface area (Å²) in [5.41, 5.74) is 1.98. The van der Waals surface area contributed by atoms with E-state index in [0.29, 0.717) is 37.1 Å². The molecule has 2 heterocycles. The zero-order valence-corrected chi connectivity index (χ0v) is 16.8. The third kappa shape index (κ3) is 3.87. The van der Waals surface area contributed by atoms with Crippen LogP contribution in [0, 0.1) is 0 Å². The molecule has 1 amide bonds. The fourth-order valence-electron chi connectivity index (χ4n) is 3.13. The smallest absolute Gasteiger partial charge is 0.229 e. The number of halogens is 1. The summed E-state index contributed by atoms with van der Waals surface area (Å²) in [5, 5.41) is 6.97. The van der Waals surface area contributed by atoms with Crippen LogP contribution in [0.15, 0.2) is 53.3 Å². The molecular formula is C20H19BrN4O3. The first kappa shape index (κ1) is 18.5. The maximum absolute atomic E-state index is 12.0. The average Bonchev–Trinajstić information content (AvgIpc) is 3.16. The zero-order chi connectivity index (χ0) is 19.5. The van der Waals surface area contributed by atoms with E-state index in [1.807, 2.05) is 49.4 Å². The SMILES string of the molecule is CCOc1cc([C@@H]2CC(=O)Nc3ncnn32)ccc1OCc1ccc(Br)cc1. The van der Waals surface area contributed by atoms with E-state index >= 15 is 0 Å². The molecule has 0 unspecified atom stereocenters. The van der Waals surface area contributed by atoms with Gasteiger partial charge in [-0.1, -0.05) is 34.1 Å². The van der Waals surface area contributed by atoms with Crippen LogP contribution in [0.25, 0.3) is 0 Å². The quantitative estimate of drug-likeness (QED) is 0.624. The predicted octanol–water partition coefficient (Wildman–Crippen LogP) is 3.95. The minimum absolute atomic E-state index is 0.0842. The fraction of sp³-hybridized carbons (Fsp3) is 0.250. The molecule has 0 bridgehead atoms. The Morgan fingerprint density at radius 2 is 2.00 bits per heavy atom. The normalized spacial score (nSPS) is 15.6. The van der Waals surface area contributed by atoms with Crippen LogP contribution in [-0.4, -0.2) is 27.3 Å². The van der Waals surface area contributed by atoms with Crippen LogP contribution in [0.2, 0.25) is 0 Å². The van der Waals surface area contributed by atoms with Gasteiger partial charge in [0.1, 0.15) is 12.9 Å². The summed E-state index contributed by atoms with van der Waals surface area (Å²) in [6, 6.07) is 13.5. The van der Waals surface area contributed by atoms with E-state index in [1.54, 1.807) is 4.68 Å². The molecule has 1 atom stereocenters. The van der Waals surface area contributed by atoms with Crippen molar-refractivity contribution in [2.24, 2.45) is 0 Å². The van der Waals surface area contributed by atoms with Crippen molar-refractivity contribution in [2.75, 3.05) is 11.9 Å². The highest BCUT2D eigenvalue weighted by molar-refractivity contribution is 9.10. The Balaban J connectivity index is 1.59. The Labute approximate surface area is 170 Å². The van der Waals surface area contributed by atoms with E-state index in [2.05, 4.69) is 31.3 Å². The lowest BCUT2D eigenvalue weighted by Crippen LogP contribution is -2.29. The van der Waals surface area contributed by atoms with Crippen LogP contribution in [0.4, 0.5) is 5.95 Å². The molecule has 3 aromatic rings. The molecule has 8 heteroatoms. The van der Waals surface area contributed by atoms with Gasteiger partial charge in [-0.15, -0.1) is 0 Å². The van der Waals surface area contributed by atoms with Crippen LogP contribution < -0.4 is 14.8 Å². The first-order valence-electron chi connectivity index (χ1n) is 8.97. The summed E-state index contributed by atoms with van der Waals surface area (Å²) in [6.45, 7) is 2.87. The van der Waals surface area contributed by atoms with E-state index < -0.39 is 0 Å². The Hall–Kier alpha value is -2.87. The molecule has 0 aliphatic carbocycles. The van der Waals surface area contributed by atoms with Gasteiger partial charge in [0.05, 0.1) is 19.1 Å². The minimum atomic E-state index is -0.231. The number of nitrogens with zero attached hydrogens (tertiary/aromatic N) is 3. The molecule has 4 rings (SSSR count). The lowest BCUT2D eigenvalue weighted by atomic mass is 10.0. The number of benzene rings is 2. The second-order valence-corrected chi connectivity index (χ2v) is 7.27. The van der Waals surface area contributed by atoms with Gasteiger partial charge >= 0.3 is 0 Å². The molecule has 1 aliphatic heterocycles. The molecule has 0 fully saturated rings. The lowest BCUT2D eigenvalue weighted by Gasteiger charge is -2.24. The molecule has 1 N–H and O–H groups in total. The predicted molar refractivity (Wildman–Crippen MR) is 107 cm³/mol. The average molecular weight is 443 g/mol. The van der Waals surface area contributed by atoms with Crippen LogP contribution in [-0.2, 0) is 11.4 Å². The van der Waals surface area contributed by atoms with E-state index in [4.69, 9.17) is 9.47 Å². The van der Waals surface area contributed by atoms with Crippen LogP contribution in [0.3, 0.4) is 0 Å². The highest BCUT2D eigenvalue weighted by Crippen LogP contribution is 2.35. The lowest BCUT2D eigenvalue weighted by molar-refractivity contribution is -0.117. The van der Waals surface area contributed by atoms with E-state index in [1.165, 1.54) is 6.33 Å². The van der Waals surface area contributed by atoms with Crippen molar-refractivity contribution in [3.8, 4) is 11.5 Å². The molecule has 0 saturated heterocycles. The van der Waals surface area contributed by atoms with Gasteiger partial charge in [0.25, 0.3) is 0 Å². The van der Waals surface area contributed by atoms with Crippen LogP contribution in [0.1, 0.15) is 30.5 Å². The third-order valence-electron chi connectivity index (χ3n) is 4.46. The van der Waals surface area contributed by atoms with Gasteiger partial charge in [-0.2, -0.15) is 10.1 Å². The molecule has 1 aliphatic rings. The number of hydrogen-bond donors (Lipinski definition) is 1. The number of carbonyl (C=O) groups is 1. The topological polar surface area (TPSA) is 78.3 Å². The molecule has 1 aromatic heterocycles. The minimum Gasteiger partial charge on any atom is -0.490 e. The highest BCUT2D eigenvalue weighted by Gasteiger charge is 2.28. The van der Waals surface area contributed by atoms with Gasteiger partial charge < -0.3 is 9.47 Å². The first-order valence-corrected chi connectivity index (χ1v) is 9.76. The summed E-state index contributed by atoms with van der Waals surface area (Å²) >= 11 is 3.43. The van der Waals surface area contributed by atoms with Crippen molar-refractivity contribution in [3.63, 3.8) is 0 Å². The third-order valence-corrected chi connectivity index (χ3v) is 4.99. The molecule has 144 valence electrons. The Bertz CT molecular complexity index is 987. The number of anilines is 1. The monoisotopic (exact) mass is 442 g/mol. The Morgan fingerprint density at radius 3 is 2.79 bits per heavy atom. The number of aromatic nitrogens is 3. The van der Waals surface area contributed by atoms with Gasteiger partial charge in [0.15, 0.2) is 11.5 Å². The number of nitrogens with one attached hydrogen (secondary N) is 1. The van der Waals surface area contributed by atoms with Gasteiger partial charge in [-0.05, 0) is 42.3 Å². The maximum Gasteiger partial charge on any atom is 0.229 e. The first-order chi connectivity index (χ1) is 13.6. The molecule has 7 nitrogen and oxygen atoms in total. The number of hydrogen-bond acceptors (Lipinski definition) is 5. The number of fused-ring (bicyclic) bond motifs is 1. The Morgan fingerprint density at radius 1 is 1.18 bits per heavy atom.